The molecule has 0 atom stereocenters. The topological polar surface area (TPSA) is 62.2 Å². The lowest BCUT2D eigenvalue weighted by molar-refractivity contribution is 0.0563. The molecule has 3 rings (SSSR count). The molecule has 0 unspecified atom stereocenters. The number of nitrogens with one attached hydrogen (secondary N) is 1. The van der Waals surface area contributed by atoms with Crippen LogP contribution < -0.4 is 5.32 Å². The maximum absolute atomic E-state index is 11.9. The standard InChI is InChI=1S/C12H12N2O2S/c15-9-4-8(5-9)14-12(16)7-1-2-10-11(3-7)17-6-13-10/h1-3,6,8-9,15H,4-5H2,(H,14,16). The molecular weight excluding hydrogens is 236 g/mol. The minimum absolute atomic E-state index is 0.0720. The summed E-state index contributed by atoms with van der Waals surface area (Å²) in [5.74, 6) is -0.0720. The van der Waals surface area contributed by atoms with Gasteiger partial charge in [0.25, 0.3) is 5.91 Å². The summed E-state index contributed by atoms with van der Waals surface area (Å²) >= 11 is 1.53. The Hall–Kier alpha value is -1.46. The van der Waals surface area contributed by atoms with E-state index in [4.69, 9.17) is 5.11 Å². The number of aromatic nitrogens is 1. The van der Waals surface area contributed by atoms with Gasteiger partial charge < -0.3 is 10.4 Å². The molecule has 17 heavy (non-hydrogen) atoms. The maximum Gasteiger partial charge on any atom is 0.251 e. The van der Waals surface area contributed by atoms with Crippen LogP contribution in [-0.4, -0.2) is 28.1 Å². The third-order valence-electron chi connectivity index (χ3n) is 3.04. The lowest BCUT2D eigenvalue weighted by Crippen LogP contribution is -2.46. The Morgan fingerprint density at radius 1 is 1.47 bits per heavy atom. The molecule has 1 amide bonds. The Morgan fingerprint density at radius 3 is 3.06 bits per heavy atom. The number of carbonyl (C=O) groups is 1. The zero-order valence-electron chi connectivity index (χ0n) is 9.09. The minimum Gasteiger partial charge on any atom is -0.393 e. The molecular formula is C12H12N2O2S. The van der Waals surface area contributed by atoms with Gasteiger partial charge in [-0.15, -0.1) is 11.3 Å². The first-order valence-electron chi connectivity index (χ1n) is 5.54. The molecule has 2 aromatic rings. The van der Waals surface area contributed by atoms with Crippen LogP contribution >= 0.6 is 11.3 Å². The van der Waals surface area contributed by atoms with Gasteiger partial charge in [-0.3, -0.25) is 4.79 Å². The third-order valence-corrected chi connectivity index (χ3v) is 3.83. The van der Waals surface area contributed by atoms with Crippen molar-refractivity contribution in [1.29, 1.82) is 0 Å². The highest BCUT2D eigenvalue weighted by molar-refractivity contribution is 7.16. The SMILES string of the molecule is O=C(NC1CC(O)C1)c1ccc2ncsc2c1. The highest BCUT2D eigenvalue weighted by Gasteiger charge is 2.28. The molecule has 1 fully saturated rings. The lowest BCUT2D eigenvalue weighted by Gasteiger charge is -2.31. The number of aliphatic hydroxyl groups is 1. The molecule has 5 heteroatoms. The molecule has 88 valence electrons. The van der Waals surface area contributed by atoms with E-state index in [1.54, 1.807) is 11.6 Å². The lowest BCUT2D eigenvalue weighted by atomic mass is 9.89. The van der Waals surface area contributed by atoms with Gasteiger partial charge in [0.1, 0.15) is 0 Å². The summed E-state index contributed by atoms with van der Waals surface area (Å²) < 4.78 is 1.02. The second-order valence-electron chi connectivity index (χ2n) is 4.33. The fourth-order valence-corrected chi connectivity index (χ4v) is 2.69. The van der Waals surface area contributed by atoms with Crippen LogP contribution in [0.2, 0.25) is 0 Å². The molecule has 0 saturated heterocycles. The first-order chi connectivity index (χ1) is 8.22. The second kappa shape index (κ2) is 4.09. The Balaban J connectivity index is 1.76. The van der Waals surface area contributed by atoms with E-state index < -0.39 is 0 Å². The van der Waals surface area contributed by atoms with Crippen LogP contribution in [0.15, 0.2) is 23.7 Å². The average Bonchev–Trinajstić information content (AvgIpc) is 2.73. The van der Waals surface area contributed by atoms with E-state index in [0.717, 1.165) is 10.2 Å². The fourth-order valence-electron chi connectivity index (χ4n) is 1.97. The van der Waals surface area contributed by atoms with Gasteiger partial charge in [0.2, 0.25) is 0 Å². The van der Waals surface area contributed by atoms with Crippen molar-refractivity contribution in [3.8, 4) is 0 Å². The van der Waals surface area contributed by atoms with E-state index in [9.17, 15) is 4.79 Å². The molecule has 4 nitrogen and oxygen atoms in total. The van der Waals surface area contributed by atoms with Crippen molar-refractivity contribution in [3.05, 3.63) is 29.3 Å². The summed E-state index contributed by atoms with van der Waals surface area (Å²) in [7, 11) is 0. The van der Waals surface area contributed by atoms with Crippen molar-refractivity contribution < 1.29 is 9.90 Å². The number of benzene rings is 1. The van der Waals surface area contributed by atoms with Gasteiger partial charge in [-0.1, -0.05) is 0 Å². The highest BCUT2D eigenvalue weighted by atomic mass is 32.1. The van der Waals surface area contributed by atoms with Gasteiger partial charge in [-0.2, -0.15) is 0 Å². The van der Waals surface area contributed by atoms with Crippen LogP contribution in [0.4, 0.5) is 0 Å². The zero-order valence-corrected chi connectivity index (χ0v) is 9.91. The molecule has 0 radical (unpaired) electrons. The van der Waals surface area contributed by atoms with Crippen LogP contribution in [0, 0.1) is 0 Å². The number of amides is 1. The number of nitrogens with zero attached hydrogens (tertiary/aromatic N) is 1. The third kappa shape index (κ3) is 2.03. The van der Waals surface area contributed by atoms with Gasteiger partial charge in [-0.05, 0) is 31.0 Å². The second-order valence-corrected chi connectivity index (χ2v) is 5.22. The van der Waals surface area contributed by atoms with Crippen LogP contribution in [-0.2, 0) is 0 Å². The van der Waals surface area contributed by atoms with Crippen LogP contribution in [0.3, 0.4) is 0 Å². The molecule has 0 spiro atoms. The summed E-state index contributed by atoms with van der Waals surface area (Å²) in [5, 5.41) is 12.1. The molecule has 0 aliphatic heterocycles. The van der Waals surface area contributed by atoms with Crippen molar-refractivity contribution in [3.63, 3.8) is 0 Å². The predicted molar refractivity (Wildman–Crippen MR) is 66.1 cm³/mol. The zero-order chi connectivity index (χ0) is 11.8. The van der Waals surface area contributed by atoms with Gasteiger partial charge in [0.15, 0.2) is 0 Å². The largest absolute Gasteiger partial charge is 0.393 e. The molecule has 1 aromatic carbocycles. The molecule has 1 saturated carbocycles. The summed E-state index contributed by atoms with van der Waals surface area (Å²) in [4.78, 5) is 16.1. The molecule has 1 aliphatic rings. The van der Waals surface area contributed by atoms with Gasteiger partial charge >= 0.3 is 0 Å². The summed E-state index contributed by atoms with van der Waals surface area (Å²) in [5.41, 5.74) is 3.35. The van der Waals surface area contributed by atoms with Crippen molar-refractivity contribution >= 4 is 27.5 Å². The first-order valence-corrected chi connectivity index (χ1v) is 6.42. The Labute approximate surface area is 102 Å². The quantitative estimate of drug-likeness (QED) is 0.847. The molecule has 1 heterocycles. The Kier molecular flexibility index (Phi) is 2.57. The van der Waals surface area contributed by atoms with E-state index >= 15 is 0 Å². The smallest absolute Gasteiger partial charge is 0.251 e. The van der Waals surface area contributed by atoms with Gasteiger partial charge in [0, 0.05) is 11.6 Å². The average molecular weight is 248 g/mol. The first kappa shape index (κ1) is 10.7. The van der Waals surface area contributed by atoms with Crippen LogP contribution in [0.1, 0.15) is 23.2 Å². The van der Waals surface area contributed by atoms with Crippen LogP contribution in [0.25, 0.3) is 10.2 Å². The number of rotatable bonds is 2. The Bertz CT molecular complexity index is 560. The van der Waals surface area contributed by atoms with Gasteiger partial charge in [-0.25, -0.2) is 4.98 Å². The number of thiazole rings is 1. The maximum atomic E-state index is 11.9. The summed E-state index contributed by atoms with van der Waals surface area (Å²) in [6, 6.07) is 5.62. The fraction of sp³-hybridized carbons (Fsp3) is 0.333. The normalized spacial score (nSPS) is 23.4. The van der Waals surface area contributed by atoms with E-state index in [0.29, 0.717) is 18.4 Å². The molecule has 1 aliphatic carbocycles. The van der Waals surface area contributed by atoms with Crippen molar-refractivity contribution in [2.45, 2.75) is 25.0 Å². The molecule has 2 N–H and O–H groups in total. The number of fused-ring (bicyclic) bond motifs is 1. The minimum atomic E-state index is -0.246. The van der Waals surface area contributed by atoms with E-state index in [1.807, 2.05) is 12.1 Å². The van der Waals surface area contributed by atoms with Gasteiger partial charge in [0.05, 0.1) is 21.8 Å². The number of hydrogen-bond acceptors (Lipinski definition) is 4. The summed E-state index contributed by atoms with van der Waals surface area (Å²) in [6.45, 7) is 0. The highest BCUT2D eigenvalue weighted by Crippen LogP contribution is 2.22. The van der Waals surface area contributed by atoms with E-state index in [1.165, 1.54) is 11.3 Å². The summed E-state index contributed by atoms with van der Waals surface area (Å²) in [6.07, 6.45) is 1.08. The van der Waals surface area contributed by atoms with Crippen LogP contribution in [0.5, 0.6) is 0 Å². The predicted octanol–water partition coefficient (Wildman–Crippen LogP) is 1.55. The number of carbonyl (C=O) groups excluding carboxylic acids is 1. The van der Waals surface area contributed by atoms with Crippen molar-refractivity contribution in [2.24, 2.45) is 0 Å². The number of hydrogen-bond donors (Lipinski definition) is 2. The van der Waals surface area contributed by atoms with Crippen molar-refractivity contribution in [2.75, 3.05) is 0 Å². The molecule has 1 aromatic heterocycles. The number of aliphatic hydroxyl groups excluding tert-OH is 1. The monoisotopic (exact) mass is 248 g/mol. The Morgan fingerprint density at radius 2 is 2.29 bits per heavy atom. The van der Waals surface area contributed by atoms with E-state index in [-0.39, 0.29) is 18.1 Å². The van der Waals surface area contributed by atoms with Crippen molar-refractivity contribution in [1.82, 2.24) is 10.3 Å². The van der Waals surface area contributed by atoms with E-state index in [2.05, 4.69) is 10.3 Å². The molecule has 0 bridgehead atoms.